The van der Waals surface area contributed by atoms with E-state index in [1.807, 2.05) is 18.2 Å². The van der Waals surface area contributed by atoms with Gasteiger partial charge in [0, 0.05) is 10.9 Å². The maximum Gasteiger partial charge on any atom is 0.0651 e. The van der Waals surface area contributed by atoms with Gasteiger partial charge in [0.1, 0.15) is 0 Å². The molecule has 0 radical (unpaired) electrons. The first kappa shape index (κ1) is 11.8. The fourth-order valence-corrected chi connectivity index (χ4v) is 2.21. The van der Waals surface area contributed by atoms with Crippen LogP contribution in [0, 0.1) is 29.1 Å². The van der Waals surface area contributed by atoms with Crippen LogP contribution in [0.2, 0.25) is 0 Å². The molecule has 19 heavy (non-hydrogen) atoms. The zero-order chi connectivity index (χ0) is 13.1. The molecule has 2 N–H and O–H groups in total. The lowest BCUT2D eigenvalue weighted by Gasteiger charge is -2.34. The number of hydrogen-bond donors (Lipinski definition) is 2. The van der Waals surface area contributed by atoms with Crippen LogP contribution in [0.15, 0.2) is 24.4 Å². The largest absolute Gasteiger partial charge is 0.395 e. The molecule has 0 amide bonds. The summed E-state index contributed by atoms with van der Waals surface area (Å²) >= 11 is 0. The van der Waals surface area contributed by atoms with Crippen LogP contribution < -0.4 is 0 Å². The van der Waals surface area contributed by atoms with E-state index < -0.39 is 0 Å². The molecule has 0 bridgehead atoms. The number of nitrogens with zero attached hydrogens (tertiary/aromatic N) is 1. The van der Waals surface area contributed by atoms with Crippen molar-refractivity contribution in [2.45, 2.75) is 19.3 Å². The van der Waals surface area contributed by atoms with Gasteiger partial charge in [-0.2, -0.15) is 5.10 Å². The molecular formula is C16H14N2O. The fraction of sp³-hybridized carbons (Fsp3) is 0.312. The molecule has 1 saturated carbocycles. The first-order valence-corrected chi connectivity index (χ1v) is 6.39. The highest BCUT2D eigenvalue weighted by molar-refractivity contribution is 5.79. The maximum absolute atomic E-state index is 9.29. The van der Waals surface area contributed by atoms with Gasteiger partial charge in [-0.05, 0) is 42.9 Å². The predicted molar refractivity (Wildman–Crippen MR) is 74.1 cm³/mol. The third kappa shape index (κ3) is 2.34. The number of nitrogens with one attached hydrogen (secondary N) is 1. The molecule has 3 heteroatoms. The van der Waals surface area contributed by atoms with E-state index in [1.165, 1.54) is 0 Å². The highest BCUT2D eigenvalue weighted by Gasteiger charge is 2.34. The molecule has 94 valence electrons. The van der Waals surface area contributed by atoms with Crippen molar-refractivity contribution >= 4 is 10.9 Å². The van der Waals surface area contributed by atoms with Crippen molar-refractivity contribution in [3.63, 3.8) is 0 Å². The summed E-state index contributed by atoms with van der Waals surface area (Å²) in [6, 6.07) is 5.89. The van der Waals surface area contributed by atoms with Crippen molar-refractivity contribution in [1.82, 2.24) is 10.2 Å². The molecule has 1 heterocycles. The summed E-state index contributed by atoms with van der Waals surface area (Å²) in [5.41, 5.74) is 1.75. The van der Waals surface area contributed by atoms with Gasteiger partial charge in [0.05, 0.1) is 23.7 Å². The van der Waals surface area contributed by atoms with E-state index >= 15 is 0 Å². The van der Waals surface area contributed by atoms with Gasteiger partial charge in [-0.15, -0.1) is 0 Å². The normalized spacial score (nSPS) is 15.8. The van der Waals surface area contributed by atoms with Crippen LogP contribution in [0.1, 0.15) is 24.8 Å². The average molecular weight is 250 g/mol. The standard InChI is InChI=1S/C16H14N2O/c19-12-16(8-3-9-16)7-2-1-4-13-5-6-15-14(10-13)11-17-18-15/h5-6,10-11,19H,3,8-9,12H2,(H,17,18). The van der Waals surface area contributed by atoms with Gasteiger partial charge in [-0.1, -0.05) is 18.3 Å². The van der Waals surface area contributed by atoms with Gasteiger partial charge in [-0.25, -0.2) is 0 Å². The molecule has 3 rings (SSSR count). The Morgan fingerprint density at radius 1 is 1.32 bits per heavy atom. The van der Waals surface area contributed by atoms with E-state index in [4.69, 9.17) is 0 Å². The van der Waals surface area contributed by atoms with Crippen molar-refractivity contribution in [3.8, 4) is 23.7 Å². The molecule has 1 aliphatic rings. The summed E-state index contributed by atoms with van der Waals surface area (Å²) in [5, 5.41) is 17.2. The number of aromatic amines is 1. The highest BCUT2D eigenvalue weighted by Crippen LogP contribution is 2.39. The first-order valence-electron chi connectivity index (χ1n) is 6.39. The molecule has 0 saturated heterocycles. The van der Waals surface area contributed by atoms with Crippen LogP contribution in [-0.4, -0.2) is 21.9 Å². The van der Waals surface area contributed by atoms with E-state index in [0.717, 1.165) is 35.7 Å². The summed E-state index contributed by atoms with van der Waals surface area (Å²) in [6.07, 6.45) is 4.90. The zero-order valence-corrected chi connectivity index (χ0v) is 10.5. The highest BCUT2D eigenvalue weighted by atomic mass is 16.3. The van der Waals surface area contributed by atoms with E-state index in [2.05, 4.69) is 33.9 Å². The fourth-order valence-electron chi connectivity index (χ4n) is 2.21. The van der Waals surface area contributed by atoms with Crippen LogP contribution in [0.25, 0.3) is 10.9 Å². The van der Waals surface area contributed by atoms with E-state index in [9.17, 15) is 5.11 Å². The smallest absolute Gasteiger partial charge is 0.0651 e. The number of aliphatic hydroxyl groups is 1. The van der Waals surface area contributed by atoms with E-state index in [0.29, 0.717) is 0 Å². The number of rotatable bonds is 1. The van der Waals surface area contributed by atoms with Crippen molar-refractivity contribution in [2.75, 3.05) is 6.61 Å². The number of aliphatic hydroxyl groups excluding tert-OH is 1. The van der Waals surface area contributed by atoms with E-state index in [1.54, 1.807) is 6.20 Å². The molecule has 1 aliphatic carbocycles. The Balaban J connectivity index is 1.78. The monoisotopic (exact) mass is 250 g/mol. The summed E-state index contributed by atoms with van der Waals surface area (Å²) in [5.74, 6) is 11.9. The summed E-state index contributed by atoms with van der Waals surface area (Å²) < 4.78 is 0. The molecular weight excluding hydrogens is 236 g/mol. The maximum atomic E-state index is 9.29. The SMILES string of the molecule is OCC1(C#CC#Cc2ccc3[nH]ncc3c2)CCC1. The molecule has 1 aromatic carbocycles. The molecule has 0 aliphatic heterocycles. The van der Waals surface area contributed by atoms with Crippen molar-refractivity contribution in [1.29, 1.82) is 0 Å². The van der Waals surface area contributed by atoms with Crippen LogP contribution in [0.4, 0.5) is 0 Å². The predicted octanol–water partition coefficient (Wildman–Crippen LogP) is 2.08. The Kier molecular flexibility index (Phi) is 2.99. The number of benzene rings is 1. The van der Waals surface area contributed by atoms with Gasteiger partial charge < -0.3 is 5.11 Å². The average Bonchev–Trinajstić information content (AvgIpc) is 2.84. The molecule has 2 aromatic rings. The Morgan fingerprint density at radius 3 is 2.95 bits per heavy atom. The second-order valence-electron chi connectivity index (χ2n) is 4.96. The van der Waals surface area contributed by atoms with Crippen LogP contribution >= 0.6 is 0 Å². The Morgan fingerprint density at radius 2 is 2.21 bits per heavy atom. The molecule has 0 spiro atoms. The van der Waals surface area contributed by atoms with Gasteiger partial charge in [0.15, 0.2) is 0 Å². The number of fused-ring (bicyclic) bond motifs is 1. The minimum atomic E-state index is -0.177. The van der Waals surface area contributed by atoms with Crippen molar-refractivity contribution in [2.24, 2.45) is 5.41 Å². The van der Waals surface area contributed by atoms with Gasteiger partial charge in [-0.3, -0.25) is 5.10 Å². The molecule has 1 aromatic heterocycles. The molecule has 0 atom stereocenters. The number of H-pyrrole nitrogens is 1. The van der Waals surface area contributed by atoms with Crippen molar-refractivity contribution < 1.29 is 5.11 Å². The molecule has 0 unspecified atom stereocenters. The second-order valence-corrected chi connectivity index (χ2v) is 4.96. The van der Waals surface area contributed by atoms with Gasteiger partial charge >= 0.3 is 0 Å². The van der Waals surface area contributed by atoms with Crippen LogP contribution in [0.3, 0.4) is 0 Å². The van der Waals surface area contributed by atoms with Crippen LogP contribution in [-0.2, 0) is 0 Å². The zero-order valence-electron chi connectivity index (χ0n) is 10.5. The minimum Gasteiger partial charge on any atom is -0.395 e. The third-order valence-corrected chi connectivity index (χ3v) is 3.65. The van der Waals surface area contributed by atoms with Gasteiger partial charge in [0.25, 0.3) is 0 Å². The Hall–Kier alpha value is -2.23. The topological polar surface area (TPSA) is 48.9 Å². The van der Waals surface area contributed by atoms with E-state index in [-0.39, 0.29) is 12.0 Å². The van der Waals surface area contributed by atoms with Gasteiger partial charge in [0.2, 0.25) is 0 Å². The Labute approximate surface area is 112 Å². The third-order valence-electron chi connectivity index (χ3n) is 3.65. The summed E-state index contributed by atoms with van der Waals surface area (Å²) in [4.78, 5) is 0. The summed E-state index contributed by atoms with van der Waals surface area (Å²) in [7, 11) is 0. The van der Waals surface area contributed by atoms with Crippen molar-refractivity contribution in [3.05, 3.63) is 30.0 Å². The summed E-state index contributed by atoms with van der Waals surface area (Å²) in [6.45, 7) is 0.142. The molecule has 1 fully saturated rings. The quantitative estimate of drug-likeness (QED) is 0.761. The lowest BCUT2D eigenvalue weighted by atomic mass is 9.70. The minimum absolute atomic E-state index is 0.142. The van der Waals surface area contributed by atoms with Crippen LogP contribution in [0.5, 0.6) is 0 Å². The molecule has 3 nitrogen and oxygen atoms in total. The Bertz CT molecular complexity index is 712. The lowest BCUT2D eigenvalue weighted by molar-refractivity contribution is 0.102. The first-order chi connectivity index (χ1) is 9.31. The lowest BCUT2D eigenvalue weighted by Crippen LogP contribution is -2.31. The second kappa shape index (κ2) is 4.80. The number of aromatic nitrogens is 2. The number of hydrogen-bond acceptors (Lipinski definition) is 2.